The monoisotopic (exact) mass is 818 g/mol. The van der Waals surface area contributed by atoms with Gasteiger partial charge in [0.2, 0.25) is 17.7 Å². The van der Waals surface area contributed by atoms with E-state index in [1.54, 1.807) is 18.2 Å². The number of piperidine rings is 1. The summed E-state index contributed by atoms with van der Waals surface area (Å²) in [5.74, 6) is -0.447. The molecule has 5 heterocycles. The highest BCUT2D eigenvalue weighted by molar-refractivity contribution is 6.05. The zero-order chi connectivity index (χ0) is 41.4. The van der Waals surface area contributed by atoms with Crippen molar-refractivity contribution in [2.75, 3.05) is 70.0 Å². The summed E-state index contributed by atoms with van der Waals surface area (Å²) in [5, 5.41) is 19.1. The van der Waals surface area contributed by atoms with Crippen LogP contribution in [0.4, 0.5) is 11.4 Å². The Kier molecular flexibility index (Phi) is 13.1. The van der Waals surface area contributed by atoms with Gasteiger partial charge in [-0.1, -0.05) is 24.3 Å². The molecule has 15 heteroatoms. The van der Waals surface area contributed by atoms with Gasteiger partial charge in [-0.3, -0.25) is 34.4 Å². The van der Waals surface area contributed by atoms with E-state index in [-0.39, 0.29) is 75.1 Å². The quantitative estimate of drug-likeness (QED) is 0.0841. The number of carbonyl (C=O) groups excluding carboxylic acids is 4. The number of aliphatic hydroxyl groups is 1. The number of aliphatic hydroxyl groups excluding tert-OH is 1. The molecule has 4 aliphatic heterocycles. The molecule has 1 unspecified atom stereocenters. The Morgan fingerprint density at radius 2 is 1.63 bits per heavy atom. The van der Waals surface area contributed by atoms with E-state index < -0.39 is 11.9 Å². The average Bonchev–Trinajstić information content (AvgIpc) is 3.84. The van der Waals surface area contributed by atoms with Crippen LogP contribution >= 0.6 is 0 Å². The van der Waals surface area contributed by atoms with Crippen molar-refractivity contribution in [3.8, 4) is 16.9 Å². The van der Waals surface area contributed by atoms with Crippen molar-refractivity contribution >= 4 is 35.0 Å². The van der Waals surface area contributed by atoms with Gasteiger partial charge in [-0.25, -0.2) is 0 Å². The van der Waals surface area contributed by atoms with Gasteiger partial charge in [-0.2, -0.15) is 0 Å². The number of aromatic nitrogens is 1. The first kappa shape index (κ1) is 41.0. The number of amides is 4. The fourth-order valence-electron chi connectivity index (χ4n) is 8.72. The van der Waals surface area contributed by atoms with E-state index in [0.29, 0.717) is 55.4 Å². The number of nitrogens with zero attached hydrogens (tertiary/aromatic N) is 3. The van der Waals surface area contributed by atoms with Crippen molar-refractivity contribution < 1.29 is 43.2 Å². The number of imide groups is 1. The van der Waals surface area contributed by atoms with E-state index >= 15 is 0 Å². The lowest BCUT2D eigenvalue weighted by molar-refractivity contribution is -0.137. The molecule has 4 aromatic rings. The fourth-order valence-corrected chi connectivity index (χ4v) is 8.72. The summed E-state index contributed by atoms with van der Waals surface area (Å²) >= 11 is 0. The van der Waals surface area contributed by atoms with Gasteiger partial charge in [-0.15, -0.1) is 0 Å². The minimum Gasteiger partial charge on any atom is -0.491 e. The highest BCUT2D eigenvalue weighted by atomic mass is 16.6. The summed E-state index contributed by atoms with van der Waals surface area (Å²) in [4.78, 5) is 57.9. The van der Waals surface area contributed by atoms with E-state index in [4.69, 9.17) is 18.9 Å². The van der Waals surface area contributed by atoms with Crippen LogP contribution in [0.2, 0.25) is 0 Å². The average molecular weight is 819 g/mol. The molecule has 0 radical (unpaired) electrons. The maximum Gasteiger partial charge on any atom is 0.255 e. The first-order valence-electron chi connectivity index (χ1n) is 20.5. The van der Waals surface area contributed by atoms with Crippen molar-refractivity contribution in [2.45, 2.75) is 50.5 Å². The molecule has 1 aromatic heterocycles. The summed E-state index contributed by atoms with van der Waals surface area (Å²) in [5.41, 5.74) is 7.38. The van der Waals surface area contributed by atoms with Gasteiger partial charge in [0, 0.05) is 59.8 Å². The van der Waals surface area contributed by atoms with Crippen LogP contribution in [0, 0.1) is 5.92 Å². The summed E-state index contributed by atoms with van der Waals surface area (Å²) in [7, 11) is 0. The van der Waals surface area contributed by atoms with E-state index in [9.17, 15) is 24.3 Å². The molecule has 4 atom stereocenters. The number of rotatable bonds is 18. The van der Waals surface area contributed by atoms with Crippen LogP contribution < -0.4 is 20.7 Å². The Hall–Kier alpha value is -5.71. The number of pyridine rings is 1. The number of anilines is 2. The molecule has 2 saturated heterocycles. The number of ether oxygens (including phenoxy) is 4. The summed E-state index contributed by atoms with van der Waals surface area (Å²) in [6.45, 7) is 3.73. The molecule has 8 rings (SSSR count). The Labute approximate surface area is 348 Å². The molecule has 2 fully saturated rings. The second kappa shape index (κ2) is 19.1. The van der Waals surface area contributed by atoms with Gasteiger partial charge in [0.1, 0.15) is 25.0 Å². The third-order valence-electron chi connectivity index (χ3n) is 11.6. The lowest BCUT2D eigenvalue weighted by Gasteiger charge is -2.39. The minimum absolute atomic E-state index is 0.00231. The summed E-state index contributed by atoms with van der Waals surface area (Å²) in [6.07, 6.45) is 5.15. The maximum absolute atomic E-state index is 13.0. The number of benzene rings is 3. The second-order valence-electron chi connectivity index (χ2n) is 15.4. The van der Waals surface area contributed by atoms with E-state index in [1.165, 1.54) is 16.0 Å². The van der Waals surface area contributed by atoms with Crippen molar-refractivity contribution in [1.29, 1.82) is 0 Å². The van der Waals surface area contributed by atoms with Gasteiger partial charge >= 0.3 is 0 Å². The highest BCUT2D eigenvalue weighted by Crippen LogP contribution is 2.48. The van der Waals surface area contributed by atoms with Gasteiger partial charge in [0.25, 0.3) is 5.91 Å². The summed E-state index contributed by atoms with van der Waals surface area (Å²) in [6, 6.07) is 23.0. The third kappa shape index (κ3) is 9.35. The maximum atomic E-state index is 13.0. The molecule has 4 amide bonds. The van der Waals surface area contributed by atoms with E-state index in [2.05, 4.69) is 56.2 Å². The van der Waals surface area contributed by atoms with Crippen molar-refractivity contribution in [3.63, 3.8) is 0 Å². The molecule has 0 aliphatic carbocycles. The molecule has 60 heavy (non-hydrogen) atoms. The van der Waals surface area contributed by atoms with Crippen LogP contribution in [-0.2, 0) is 41.7 Å². The second-order valence-corrected chi connectivity index (χ2v) is 15.4. The van der Waals surface area contributed by atoms with Crippen LogP contribution in [0.1, 0.15) is 52.4 Å². The smallest absolute Gasteiger partial charge is 0.255 e. The van der Waals surface area contributed by atoms with Crippen LogP contribution in [0.15, 0.2) is 85.2 Å². The van der Waals surface area contributed by atoms with Crippen molar-refractivity contribution in [1.82, 2.24) is 20.1 Å². The zero-order valence-electron chi connectivity index (χ0n) is 33.3. The number of nitrogens with one attached hydrogen (secondary N) is 3. The van der Waals surface area contributed by atoms with E-state index in [0.717, 1.165) is 36.3 Å². The predicted octanol–water partition coefficient (Wildman–Crippen LogP) is 3.93. The van der Waals surface area contributed by atoms with Gasteiger partial charge in [0.15, 0.2) is 0 Å². The molecule has 0 saturated carbocycles. The SMILES string of the molecule is O=C1CCC(N2Cc3c(OCCOCCOCCOCC(=O)Nc4cccc(-c5ccc6c(c5)[C@H]5[C@H](CCN5Cc5ccncc5)[C@@H](CO)N6)c4)cccc3C2=O)C(=O)N1. The molecule has 314 valence electrons. The number of likely N-dealkylation sites (tertiary alicyclic amines) is 1. The molecule has 4 N–H and O–H groups in total. The standard InChI is InChI=1S/C45H50N6O9/c52-27-38-34-13-16-50(25-29-11-14-46-15-12-29)43(34)35-24-31(7-8-37(35)48-38)30-3-1-4-32(23-30)47-42(54)28-59-20-19-57-17-18-58-21-22-60-40-6-2-5-33-36(40)26-51(45(33)56)39-9-10-41(53)49-44(39)55/h1-8,11-12,14-15,23-24,34,38-39,43,48,52H,9-10,13,16-22,25-28H2,(H,47,54)(H,49,53,55)/t34-,38-,39?,43-/m1/s1. The largest absolute Gasteiger partial charge is 0.491 e. The first-order chi connectivity index (χ1) is 29.4. The molecular weight excluding hydrogens is 769 g/mol. The molecule has 4 aliphatic rings. The highest BCUT2D eigenvalue weighted by Gasteiger charge is 2.44. The van der Waals surface area contributed by atoms with Gasteiger partial charge in [-0.05, 0) is 90.2 Å². The Morgan fingerprint density at radius 3 is 2.43 bits per heavy atom. The molecular formula is C45H50N6O9. The van der Waals surface area contributed by atoms with Crippen molar-refractivity contribution in [2.24, 2.45) is 5.92 Å². The Balaban J connectivity index is 0.734. The number of hydrogen-bond donors (Lipinski definition) is 4. The normalized spacial score (nSPS) is 20.9. The third-order valence-corrected chi connectivity index (χ3v) is 11.6. The van der Waals surface area contributed by atoms with Crippen molar-refractivity contribution in [3.05, 3.63) is 107 Å². The lowest BCUT2D eigenvalue weighted by Crippen LogP contribution is -2.52. The fraction of sp³-hybridized carbons (Fsp3) is 0.400. The lowest BCUT2D eigenvalue weighted by atomic mass is 9.82. The first-order valence-corrected chi connectivity index (χ1v) is 20.5. The van der Waals surface area contributed by atoms with Crippen LogP contribution in [0.3, 0.4) is 0 Å². The Bertz CT molecular complexity index is 2190. The number of hydrogen-bond acceptors (Lipinski definition) is 12. The van der Waals surface area contributed by atoms with Gasteiger partial charge < -0.3 is 39.6 Å². The van der Waals surface area contributed by atoms with Crippen LogP contribution in [-0.4, -0.2) is 115 Å². The van der Waals surface area contributed by atoms with Crippen LogP contribution in [0.25, 0.3) is 11.1 Å². The topological polar surface area (TPSA) is 181 Å². The van der Waals surface area contributed by atoms with E-state index in [1.807, 2.05) is 36.7 Å². The Morgan fingerprint density at radius 1 is 0.867 bits per heavy atom. The number of carbonyl (C=O) groups is 4. The van der Waals surface area contributed by atoms with Crippen LogP contribution in [0.5, 0.6) is 5.75 Å². The van der Waals surface area contributed by atoms with Gasteiger partial charge in [0.05, 0.1) is 52.2 Å². The molecule has 15 nitrogen and oxygen atoms in total. The molecule has 3 aromatic carbocycles. The molecule has 0 spiro atoms. The number of fused-ring (bicyclic) bond motifs is 4. The predicted molar refractivity (Wildman–Crippen MR) is 221 cm³/mol. The summed E-state index contributed by atoms with van der Waals surface area (Å²) < 4.78 is 22.7. The zero-order valence-corrected chi connectivity index (χ0v) is 33.3. The minimum atomic E-state index is -0.685. The molecule has 0 bridgehead atoms.